The molecule has 0 saturated heterocycles. The van der Waals surface area contributed by atoms with Crippen molar-refractivity contribution in [2.24, 2.45) is 11.8 Å². The van der Waals surface area contributed by atoms with E-state index in [2.05, 4.69) is 26.0 Å². The number of nitrogens with zero attached hydrogens (tertiary/aromatic N) is 1. The molecule has 1 fully saturated rings. The molecule has 0 aromatic carbocycles. The summed E-state index contributed by atoms with van der Waals surface area (Å²) < 4.78 is 33.8. The molecule has 2 N–H and O–H groups in total. The summed E-state index contributed by atoms with van der Waals surface area (Å²) in [5, 5.41) is 20.7. The fourth-order valence-electron chi connectivity index (χ4n) is 6.45. The Hall–Kier alpha value is -2.18. The maximum absolute atomic E-state index is 12.7. The van der Waals surface area contributed by atoms with Crippen LogP contribution in [0.2, 0.25) is 0 Å². The molecule has 12 nitrogen and oxygen atoms in total. The molecule has 0 aromatic rings. The number of ketones is 1. The maximum Gasteiger partial charge on any atom is 0.306 e. The molecule has 0 aromatic heterocycles. The minimum absolute atomic E-state index is 0.00338. The zero-order valence-corrected chi connectivity index (χ0v) is 36.9. The van der Waals surface area contributed by atoms with Crippen LogP contribution >= 0.6 is 7.82 Å². The Morgan fingerprint density at radius 3 is 2.11 bits per heavy atom. The van der Waals surface area contributed by atoms with Crippen LogP contribution in [0.5, 0.6) is 0 Å². The van der Waals surface area contributed by atoms with Crippen LogP contribution in [0.3, 0.4) is 0 Å². The molecule has 330 valence electrons. The Kier molecular flexibility index (Phi) is 29.4. The van der Waals surface area contributed by atoms with Crippen LogP contribution in [0.1, 0.15) is 149 Å². The highest BCUT2D eigenvalue weighted by atomic mass is 31.2. The molecule has 6 atom stereocenters. The Bertz CT molecular complexity index is 1230. The largest absolute Gasteiger partial charge is 0.756 e. The lowest BCUT2D eigenvalue weighted by Crippen LogP contribution is -2.37. The van der Waals surface area contributed by atoms with E-state index < -0.39 is 44.7 Å². The molecule has 1 saturated carbocycles. The molecule has 0 heterocycles. The zero-order valence-electron chi connectivity index (χ0n) is 36.0. The minimum Gasteiger partial charge on any atom is -0.756 e. The first-order chi connectivity index (χ1) is 27.2. The Balaban J connectivity index is 2.53. The second kappa shape index (κ2) is 31.7. The summed E-state index contributed by atoms with van der Waals surface area (Å²) in [6.45, 7) is 3.77. The number of allylic oxidation sites excluding steroid dienone is 4. The number of esters is 2. The highest BCUT2D eigenvalue weighted by molar-refractivity contribution is 7.45. The predicted molar refractivity (Wildman–Crippen MR) is 223 cm³/mol. The molecule has 1 aliphatic carbocycles. The van der Waals surface area contributed by atoms with Crippen molar-refractivity contribution in [1.82, 2.24) is 0 Å². The number of hydrogen-bond acceptors (Lipinski definition) is 11. The fourth-order valence-corrected chi connectivity index (χ4v) is 7.18. The van der Waals surface area contributed by atoms with Crippen molar-refractivity contribution >= 4 is 25.5 Å². The van der Waals surface area contributed by atoms with Gasteiger partial charge in [-0.05, 0) is 57.8 Å². The second-order valence-electron chi connectivity index (χ2n) is 16.5. The number of phosphoric acid groups is 1. The minimum atomic E-state index is -4.69. The van der Waals surface area contributed by atoms with E-state index in [-0.39, 0.29) is 50.1 Å². The van der Waals surface area contributed by atoms with Crippen molar-refractivity contribution in [3.05, 3.63) is 36.5 Å². The number of hydrogen-bond donors (Lipinski definition) is 2. The van der Waals surface area contributed by atoms with Gasteiger partial charge in [0.1, 0.15) is 25.5 Å². The molecule has 1 rings (SSSR count). The number of likely N-dealkylation sites (N-methyl/N-ethyl adjacent to an activating group) is 1. The highest BCUT2D eigenvalue weighted by Gasteiger charge is 2.39. The van der Waals surface area contributed by atoms with Gasteiger partial charge in [0, 0.05) is 31.1 Å². The van der Waals surface area contributed by atoms with Crippen LogP contribution in [0, 0.1) is 11.8 Å². The van der Waals surface area contributed by atoms with Gasteiger partial charge < -0.3 is 38.1 Å². The van der Waals surface area contributed by atoms with Gasteiger partial charge in [-0.15, -0.1) is 0 Å². The van der Waals surface area contributed by atoms with E-state index in [0.29, 0.717) is 43.1 Å². The third-order valence-corrected chi connectivity index (χ3v) is 11.0. The molecule has 57 heavy (non-hydrogen) atoms. The third-order valence-electron chi connectivity index (χ3n) is 10.0. The third kappa shape index (κ3) is 28.8. The summed E-state index contributed by atoms with van der Waals surface area (Å²) in [5.41, 5.74) is 0. The average Bonchev–Trinajstić information content (AvgIpc) is 3.41. The monoisotopic (exact) mass is 828 g/mol. The van der Waals surface area contributed by atoms with Crippen molar-refractivity contribution in [1.29, 1.82) is 0 Å². The Labute approximate surface area is 344 Å². The highest BCUT2D eigenvalue weighted by Crippen LogP contribution is 2.38. The molecular formula is C44H78NO11P. The Morgan fingerprint density at radius 2 is 1.42 bits per heavy atom. The van der Waals surface area contributed by atoms with Gasteiger partial charge in [-0.2, -0.15) is 0 Å². The zero-order chi connectivity index (χ0) is 42.4. The number of aliphatic hydroxyl groups excluding tert-OH is 2. The molecule has 0 spiro atoms. The van der Waals surface area contributed by atoms with Gasteiger partial charge >= 0.3 is 11.9 Å². The van der Waals surface area contributed by atoms with E-state index in [0.717, 1.165) is 57.8 Å². The number of rotatable bonds is 35. The summed E-state index contributed by atoms with van der Waals surface area (Å²) in [7, 11) is 1.01. The quantitative estimate of drug-likeness (QED) is 0.0208. The lowest BCUT2D eigenvalue weighted by Gasteiger charge is -2.28. The molecular weight excluding hydrogens is 749 g/mol. The second-order valence-corrected chi connectivity index (χ2v) is 17.9. The number of unbranched alkanes of at least 4 members (excludes halogenated alkanes) is 12. The summed E-state index contributed by atoms with van der Waals surface area (Å²) in [6, 6.07) is 0. The van der Waals surface area contributed by atoms with Crippen LogP contribution in [-0.2, 0) is 37.5 Å². The van der Waals surface area contributed by atoms with E-state index in [9.17, 15) is 34.1 Å². The number of phosphoric ester groups is 1. The topological polar surface area (TPSA) is 169 Å². The summed E-state index contributed by atoms with van der Waals surface area (Å²) in [4.78, 5) is 50.2. The van der Waals surface area contributed by atoms with Crippen LogP contribution < -0.4 is 4.89 Å². The van der Waals surface area contributed by atoms with E-state index in [1.54, 1.807) is 12.2 Å². The summed E-state index contributed by atoms with van der Waals surface area (Å²) in [6.07, 6.45) is 26.8. The molecule has 0 amide bonds. The number of carbonyl (C=O) groups is 3. The smallest absolute Gasteiger partial charge is 0.306 e. The van der Waals surface area contributed by atoms with Gasteiger partial charge in [0.2, 0.25) is 0 Å². The molecule has 1 aliphatic rings. The van der Waals surface area contributed by atoms with Gasteiger partial charge in [-0.3, -0.25) is 18.9 Å². The van der Waals surface area contributed by atoms with Crippen molar-refractivity contribution in [2.75, 3.05) is 47.5 Å². The first kappa shape index (κ1) is 52.8. The van der Waals surface area contributed by atoms with E-state index in [1.807, 2.05) is 33.3 Å². The van der Waals surface area contributed by atoms with Gasteiger partial charge in [0.05, 0.1) is 40.0 Å². The number of Topliss-reactive ketones (excluding diaryl/α,β-unsaturated/α-hetero) is 1. The van der Waals surface area contributed by atoms with E-state index in [1.165, 1.54) is 25.7 Å². The fraction of sp³-hybridized carbons (Fsp3) is 0.795. The van der Waals surface area contributed by atoms with Crippen molar-refractivity contribution in [3.8, 4) is 0 Å². The number of aliphatic hydroxyl groups is 2. The van der Waals surface area contributed by atoms with Gasteiger partial charge in [-0.1, -0.05) is 108 Å². The maximum atomic E-state index is 12.7. The predicted octanol–water partition coefficient (Wildman–Crippen LogP) is 8.09. The number of carbonyl (C=O) groups excluding carboxylic acids is 3. The summed E-state index contributed by atoms with van der Waals surface area (Å²) >= 11 is 0. The normalized spacial score (nSPS) is 19.8. The van der Waals surface area contributed by atoms with Crippen LogP contribution in [0.4, 0.5) is 0 Å². The van der Waals surface area contributed by atoms with Gasteiger partial charge in [0.15, 0.2) is 6.10 Å². The lowest BCUT2D eigenvalue weighted by atomic mass is 9.90. The van der Waals surface area contributed by atoms with Gasteiger partial charge in [-0.25, -0.2) is 0 Å². The van der Waals surface area contributed by atoms with Crippen LogP contribution in [-0.4, -0.2) is 98.2 Å². The summed E-state index contributed by atoms with van der Waals surface area (Å²) in [5.74, 6) is -1.76. The van der Waals surface area contributed by atoms with Crippen molar-refractivity contribution in [3.63, 3.8) is 0 Å². The first-order valence-electron chi connectivity index (χ1n) is 21.8. The molecule has 0 bridgehead atoms. The molecule has 13 heteroatoms. The number of quaternary nitrogens is 1. The molecule has 0 radical (unpaired) electrons. The first-order valence-corrected chi connectivity index (χ1v) is 23.3. The van der Waals surface area contributed by atoms with Gasteiger partial charge in [0.25, 0.3) is 7.82 Å². The number of ether oxygens (including phenoxy) is 2. The average molecular weight is 828 g/mol. The van der Waals surface area contributed by atoms with Crippen molar-refractivity contribution in [2.45, 2.75) is 167 Å². The van der Waals surface area contributed by atoms with Crippen LogP contribution in [0.25, 0.3) is 0 Å². The van der Waals surface area contributed by atoms with E-state index >= 15 is 0 Å². The van der Waals surface area contributed by atoms with E-state index in [4.69, 9.17) is 18.5 Å². The molecule has 0 aliphatic heterocycles. The standard InChI is InChI=1S/C44H78NO11P/c1-6-8-10-11-12-13-14-15-16-17-18-19-25-29-44(50)56-38(36-55-57(51,52)54-33-32-45(3,4)5)35-53-43(49)28-24-21-20-23-27-39-40(42(48)34-41(39)47)31-30-37(46)26-22-9-7-2/h13-14,20,23,30-31,37-40,42,46,48H,6-12,15-19,21-22,24-29,32-36H2,1-5H3/b14-13-,23-20-,31-30+/t37-,38+,39+,40+,42+/m0/s1. The Morgan fingerprint density at radius 1 is 0.825 bits per heavy atom. The van der Waals surface area contributed by atoms with Crippen LogP contribution in [0.15, 0.2) is 36.5 Å². The lowest BCUT2D eigenvalue weighted by molar-refractivity contribution is -0.870. The molecule has 1 unspecified atom stereocenters. The SMILES string of the molecule is CCCCCC/C=C\CCCCCCCC(=O)O[C@H](COC(=O)CCC/C=C\C[C@H]1C(=O)C[C@@H](O)[C@@H]1/C=C/[C@@H](O)CCCCC)COP(=O)([O-])OCC[N+](C)(C)C. The van der Waals surface area contributed by atoms with Crippen molar-refractivity contribution < 1.29 is 57.1 Å².